The second-order valence-corrected chi connectivity index (χ2v) is 49.6. The summed E-state index contributed by atoms with van der Waals surface area (Å²) in [6.45, 7) is 28.4. The van der Waals surface area contributed by atoms with Crippen LogP contribution in [0.3, 0.4) is 0 Å². The molecule has 6 saturated heterocycles. The third-order valence-electron chi connectivity index (χ3n) is 23.8. The molecule has 0 spiro atoms. The zero-order chi connectivity index (χ0) is 100. The molecule has 9 aliphatic rings. The first kappa shape index (κ1) is 103. The van der Waals surface area contributed by atoms with Crippen molar-refractivity contribution in [1.29, 1.82) is 5.26 Å². The van der Waals surface area contributed by atoms with E-state index in [1.165, 1.54) is 0 Å². The molecule has 6 aliphatic heterocycles. The summed E-state index contributed by atoms with van der Waals surface area (Å²) in [4.78, 5) is 92.5. The summed E-state index contributed by atoms with van der Waals surface area (Å²) >= 11 is 0. The van der Waals surface area contributed by atoms with Crippen molar-refractivity contribution in [3.05, 3.63) is 149 Å². The number of nitrogens with zero attached hydrogens (tertiary/aromatic N) is 27. The minimum Gasteiger partial charge on any atom is -0.384 e. The van der Waals surface area contributed by atoms with Crippen molar-refractivity contribution in [3.63, 3.8) is 0 Å². The summed E-state index contributed by atoms with van der Waals surface area (Å²) in [6.07, 6.45) is 26.7. The second kappa shape index (κ2) is 44.5. The lowest BCUT2D eigenvalue weighted by Crippen LogP contribution is -2.44. The molecule has 1 unspecified atom stereocenters. The summed E-state index contributed by atoms with van der Waals surface area (Å²) in [5, 5.41) is 9.38. The van der Waals surface area contributed by atoms with Crippen LogP contribution in [0.4, 0.5) is 69.8 Å². The van der Waals surface area contributed by atoms with Gasteiger partial charge >= 0.3 is 0 Å². The Morgan fingerprint density at radius 1 is 0.426 bits per heavy atom. The minimum atomic E-state index is -2.51. The Labute approximate surface area is 825 Å². The average Bonchev–Trinajstić information content (AvgIpc) is 1.77. The monoisotopic (exact) mass is 2020 g/mol. The van der Waals surface area contributed by atoms with Gasteiger partial charge in [-0.2, -0.15) is 27.1 Å². The van der Waals surface area contributed by atoms with Gasteiger partial charge < -0.3 is 64.6 Å². The second-order valence-electron chi connectivity index (χ2n) is 36.9. The number of morpholine rings is 5. The maximum absolute atomic E-state index is 13.5. The molecule has 1 amide bonds. The third-order valence-corrected chi connectivity index (χ3v) is 30.1. The van der Waals surface area contributed by atoms with Crippen LogP contribution in [-0.2, 0) is 90.0 Å². The predicted octanol–water partition coefficient (Wildman–Crippen LogP) is 11.8. The number of aromatic nitrogens is 15. The highest BCUT2D eigenvalue weighted by atomic mass is 32.2. The average molecular weight is 2020 g/mol. The maximum Gasteiger partial charge on any atom is 0.219 e. The number of allylic oxidation sites excluding steroid dienone is 2. The van der Waals surface area contributed by atoms with Crippen LogP contribution < -0.4 is 36.0 Å². The van der Waals surface area contributed by atoms with Gasteiger partial charge in [0, 0.05) is 254 Å². The number of nitrogens with two attached hydrogens (primary N) is 2. The predicted molar refractivity (Wildman–Crippen MR) is 555 cm³/mol. The molecule has 10 aromatic rings. The van der Waals surface area contributed by atoms with Gasteiger partial charge in [0.2, 0.25) is 5.91 Å². The Morgan fingerprint density at radius 3 is 1.07 bits per heavy atom. The number of nitriles is 1. The first-order chi connectivity index (χ1) is 67.1. The normalized spacial score (nSPS) is 19.8. The number of carbonyl (C=O) groups excluding carboxylic acids is 1. The molecule has 1 saturated carbocycles. The number of carbonyl (C=O) groups is 1. The van der Waals surface area contributed by atoms with E-state index in [4.69, 9.17) is 70.0 Å². The molecule has 748 valence electrons. The van der Waals surface area contributed by atoms with E-state index >= 15 is 0 Å². The van der Waals surface area contributed by atoms with Gasteiger partial charge in [-0.3, -0.25) is 14.8 Å². The number of hydrogen-bond donors (Lipinski definition) is 2. The maximum atomic E-state index is 13.5. The molecule has 19 rings (SSSR count). The van der Waals surface area contributed by atoms with E-state index in [0.29, 0.717) is 196 Å². The van der Waals surface area contributed by atoms with E-state index in [0.717, 1.165) is 125 Å². The molecule has 7 fully saturated rings. The fourth-order valence-electron chi connectivity index (χ4n) is 17.0. The zero-order valence-corrected chi connectivity index (χ0v) is 86.5. The Balaban J connectivity index is 0.000000134. The van der Waals surface area contributed by atoms with Crippen LogP contribution in [0.15, 0.2) is 125 Å². The molecular formula is C96H123N29O11S5. The lowest BCUT2D eigenvalue weighted by atomic mass is 10.1. The molecule has 0 radical (unpaired) electrons. The molecule has 40 nitrogen and oxygen atoms in total. The summed E-state index contributed by atoms with van der Waals surface area (Å²) < 4.78 is 113. The zero-order valence-electron chi connectivity index (χ0n) is 82.5. The van der Waals surface area contributed by atoms with Crippen LogP contribution in [0.5, 0.6) is 0 Å². The molecule has 3 aliphatic carbocycles. The number of anilines is 7. The van der Waals surface area contributed by atoms with Crippen LogP contribution in [-0.4, -0.2) is 309 Å². The van der Waals surface area contributed by atoms with Gasteiger partial charge in [0.25, 0.3) is 0 Å². The van der Waals surface area contributed by atoms with E-state index in [9.17, 15) is 31.1 Å². The molecule has 16 heterocycles. The van der Waals surface area contributed by atoms with Crippen LogP contribution in [0.25, 0.3) is 69.1 Å². The van der Waals surface area contributed by atoms with Crippen molar-refractivity contribution < 1.29 is 49.5 Å². The quantitative estimate of drug-likeness (QED) is 0.0907. The highest BCUT2D eigenvalue weighted by molar-refractivity contribution is 7.94. The van der Waals surface area contributed by atoms with Crippen molar-refractivity contribution in [2.45, 2.75) is 123 Å². The fourth-order valence-corrected chi connectivity index (χ4v) is 22.1. The minimum absolute atomic E-state index is 0.00367. The molecular weight excluding hydrogens is 1900 g/mol. The van der Waals surface area contributed by atoms with E-state index in [1.54, 1.807) is 104 Å². The van der Waals surface area contributed by atoms with E-state index in [2.05, 4.69) is 151 Å². The number of nitrogen functional groups attached to an aromatic ring is 2. The van der Waals surface area contributed by atoms with Gasteiger partial charge in [-0.25, -0.2) is 85.8 Å². The molecule has 0 aromatic carbocycles. The first-order valence-corrected chi connectivity index (χ1v) is 57.5. The molecule has 45 heteroatoms. The van der Waals surface area contributed by atoms with Crippen molar-refractivity contribution in [1.82, 2.24) is 79.7 Å². The van der Waals surface area contributed by atoms with Gasteiger partial charge in [0.15, 0.2) is 58.2 Å². The van der Waals surface area contributed by atoms with Gasteiger partial charge in [0.05, 0.1) is 127 Å². The number of fused-ring (bicyclic) bond motifs is 2. The van der Waals surface area contributed by atoms with Crippen LogP contribution in [0, 0.1) is 32.1 Å². The lowest BCUT2D eigenvalue weighted by molar-refractivity contribution is -0.128. The summed E-state index contributed by atoms with van der Waals surface area (Å²) in [5.41, 5.74) is 22.5. The Hall–Kier alpha value is -12.3. The summed E-state index contributed by atoms with van der Waals surface area (Å²) in [6, 6.07) is 26.4. The van der Waals surface area contributed by atoms with Crippen LogP contribution in [0.1, 0.15) is 99.7 Å². The van der Waals surface area contributed by atoms with E-state index < -0.39 is 48.6 Å². The summed E-state index contributed by atoms with van der Waals surface area (Å²) in [5.74, 6) is 9.88. The summed E-state index contributed by atoms with van der Waals surface area (Å²) in [7, 11) is -11.9. The Kier molecular flexibility index (Phi) is 32.5. The highest BCUT2D eigenvalue weighted by Gasteiger charge is 2.34. The molecule has 4 N–H and O–H groups in total. The molecule has 10 aromatic heterocycles. The Bertz CT molecular complexity index is 6950. The first-order valence-electron chi connectivity index (χ1n) is 46.7. The van der Waals surface area contributed by atoms with Crippen molar-refractivity contribution >= 4 is 137 Å². The standard InChI is InChI=1S/C23H28N6O3S.C21H25N5O2S.C18H22N6O2S.2C17H24N6O2S/c1-16-15-32-11-8-29(16)22-14-21(27-33(31)12-9-28(10-13-33)17(2)30)25-23(26-22)19-6-7-24-20-5-3-4-18(19)20;1-14-13-28-11-10-26(14)20-12-19(25-29(2,27)15-6-7-15)23-21(24-20)17-8-9-22-18-5-3-4-16(17)18;1-12-7-14(8-15(10-19)20-12)18-21-16(23-27(3,4)25)9-17(22-18)24-5-6-26-11-13(24)2;2*1-11-7-13(8-14(18)19-11)17-20-15(22-26(3,4)24)9-16(21-17)23-5-6-25-10-12(23)2/h3-4,6-7,14,16H,5,8-13,15H2,1-2H3;3-4,8-9,12,14-15H,5-7,10-11,13H2,1-2H3;7-9,13H,5-6,11H2,1-4H3;2*7-9,12H,5-6,10H2,1-4H3,(H2,18,19)/t16-;14-,29?;13-;2*12-/m11111/s1. The molecule has 6 atom stereocenters. The van der Waals surface area contributed by atoms with Crippen LogP contribution >= 0.6 is 0 Å². The fraction of sp³-hybridized carbons (Fsp3) is 0.469. The number of aryl methyl sites for hydroxylation is 3. The third kappa shape index (κ3) is 27.6. The molecule has 0 bridgehead atoms. The van der Waals surface area contributed by atoms with Crippen LogP contribution in [0.2, 0.25) is 0 Å². The van der Waals surface area contributed by atoms with Gasteiger partial charge in [-0.15, -0.1) is 0 Å². The number of amides is 1. The topological polar surface area (TPSA) is 499 Å². The number of rotatable bonds is 16. The van der Waals surface area contributed by atoms with Crippen molar-refractivity contribution in [2.75, 3.05) is 203 Å². The highest BCUT2D eigenvalue weighted by Crippen LogP contribution is 2.39. The van der Waals surface area contributed by atoms with E-state index in [1.807, 2.05) is 63.2 Å². The lowest BCUT2D eigenvalue weighted by Gasteiger charge is -2.34. The molecule has 141 heavy (non-hydrogen) atoms. The van der Waals surface area contributed by atoms with Crippen molar-refractivity contribution in [3.8, 4) is 63.0 Å². The van der Waals surface area contributed by atoms with Crippen molar-refractivity contribution in [2.24, 2.45) is 21.8 Å². The number of hydrogen-bond acceptors (Lipinski definition) is 39. The van der Waals surface area contributed by atoms with Gasteiger partial charge in [-0.05, 0) is 117 Å². The number of ether oxygens (including phenoxy) is 5. The van der Waals surface area contributed by atoms with Gasteiger partial charge in [-0.1, -0.05) is 24.3 Å². The Morgan fingerprint density at radius 2 is 0.745 bits per heavy atom. The number of pyridine rings is 5. The van der Waals surface area contributed by atoms with Gasteiger partial charge in [0.1, 0.15) is 52.5 Å². The van der Waals surface area contributed by atoms with E-state index in [-0.39, 0.29) is 41.4 Å². The SMILES string of the molecule is CC(=O)N1CCS(=O)(=Nc2cc(N3CCOC[C@H]3C)nc(-c3ccnc4c3C=CC4)n2)CC1.C[C@@H]1COCCN1c1cc(N=S(C)(=O)C2CC2)nc(-c2ccnc3c2C=CC3)n1.Cc1cc(-c2nc(N=S(C)(C)=O)cc(N3CCOC[C@H]3C)n2)cc(C#N)n1.Cc1cc(-c2nc(N=S(C)(C)=O)cc(N3CCOC[C@H]3C)n2)cc(N)n1.Cc1cc(-c2nc(N=S(C)(C)=O)cc(N3CCOC[C@H]3C)n2)cc(N)n1. The largest absolute Gasteiger partial charge is 0.384 e. The smallest absolute Gasteiger partial charge is 0.219 e.